The Kier molecular flexibility index (Phi) is 6.14. The number of sulfonamides is 1. The van der Waals surface area contributed by atoms with E-state index in [1.165, 1.54) is 42.5 Å². The Morgan fingerprint density at radius 1 is 1.24 bits per heavy atom. The molecule has 12 heteroatoms. The third-order valence-corrected chi connectivity index (χ3v) is 7.69. The molecule has 0 aliphatic carbocycles. The summed E-state index contributed by atoms with van der Waals surface area (Å²) in [5.74, 6) is 0.117. The van der Waals surface area contributed by atoms with Crippen LogP contribution in [0.5, 0.6) is 5.75 Å². The summed E-state index contributed by atoms with van der Waals surface area (Å²) in [5.41, 5.74) is 1.41. The van der Waals surface area contributed by atoms with Crippen molar-refractivity contribution in [2.45, 2.75) is 24.0 Å². The maximum Gasteiger partial charge on any atom is 0.405 e. The highest BCUT2D eigenvalue weighted by atomic mass is 35.5. The van der Waals surface area contributed by atoms with Crippen molar-refractivity contribution in [3.8, 4) is 5.75 Å². The lowest BCUT2D eigenvalue weighted by atomic mass is 10.1. The molecule has 178 valence electrons. The number of fused-ring (bicyclic) bond motifs is 1. The number of anilines is 2. The first-order valence-electron chi connectivity index (χ1n) is 9.94. The quantitative estimate of drug-likeness (QED) is 0.519. The molecule has 0 bridgehead atoms. The Balaban J connectivity index is 1.78. The molecule has 0 spiro atoms. The zero-order valence-corrected chi connectivity index (χ0v) is 19.3. The van der Waals surface area contributed by atoms with Gasteiger partial charge in [-0.05, 0) is 42.8 Å². The molecule has 1 N–H and O–H groups in total. The van der Waals surface area contributed by atoms with Gasteiger partial charge in [0.1, 0.15) is 16.7 Å². The van der Waals surface area contributed by atoms with Crippen molar-refractivity contribution in [3.05, 3.63) is 48.2 Å². The predicted octanol–water partition coefficient (Wildman–Crippen LogP) is 4.44. The maximum atomic E-state index is 13.3. The number of hydrogen-bond acceptors (Lipinski definition) is 6. The van der Waals surface area contributed by atoms with E-state index in [9.17, 15) is 21.6 Å². The van der Waals surface area contributed by atoms with E-state index in [1.54, 1.807) is 19.1 Å². The van der Waals surface area contributed by atoms with Crippen LogP contribution in [0.4, 0.5) is 24.5 Å². The molecule has 0 saturated carbocycles. The van der Waals surface area contributed by atoms with Crippen LogP contribution in [0.3, 0.4) is 0 Å². The first-order chi connectivity index (χ1) is 15.5. The Hall–Kier alpha value is -2.63. The van der Waals surface area contributed by atoms with E-state index in [4.69, 9.17) is 20.9 Å². The van der Waals surface area contributed by atoms with Crippen LogP contribution in [0.15, 0.2) is 52.0 Å². The topological polar surface area (TPSA) is 75.0 Å². The molecular formula is C21H21ClF3N3O4S. The molecule has 0 radical (unpaired) electrons. The maximum absolute atomic E-state index is 13.3. The second-order valence-corrected chi connectivity index (χ2v) is 9.97. The third kappa shape index (κ3) is 4.44. The molecule has 2 aromatic carbocycles. The van der Waals surface area contributed by atoms with Crippen LogP contribution in [0, 0.1) is 6.92 Å². The molecule has 3 aromatic rings. The molecular weight excluding hydrogens is 483 g/mol. The largest absolute Gasteiger partial charge is 0.495 e. The van der Waals surface area contributed by atoms with Gasteiger partial charge in [-0.15, -0.1) is 0 Å². The molecule has 0 amide bonds. The number of aryl methyl sites for hydroxylation is 1. The summed E-state index contributed by atoms with van der Waals surface area (Å²) in [6, 6.07) is 7.44. The molecule has 1 atom stereocenters. The Bertz CT molecular complexity index is 1280. The summed E-state index contributed by atoms with van der Waals surface area (Å²) < 4.78 is 77.8. The molecule has 1 fully saturated rings. The standard InChI is InChI=1S/C21H21ClF3N3O4S/c1-13-3-4-17(31-2)18(9-13)33(29,30)28(22)15-10-14-5-8-32-20(14)16(11-15)27-7-6-26-19(12-27)21(23,24)25/h3-5,8-11,19,26H,6-7,12H2,1-2H3. The minimum Gasteiger partial charge on any atom is -0.495 e. The van der Waals surface area contributed by atoms with Crippen molar-refractivity contribution in [2.24, 2.45) is 0 Å². The van der Waals surface area contributed by atoms with Gasteiger partial charge in [-0.1, -0.05) is 6.07 Å². The van der Waals surface area contributed by atoms with E-state index in [2.05, 4.69) is 5.32 Å². The molecule has 4 rings (SSSR count). The number of ether oxygens (including phenoxy) is 1. The number of hydrogen-bond donors (Lipinski definition) is 1. The molecule has 1 aliphatic heterocycles. The van der Waals surface area contributed by atoms with Gasteiger partial charge in [0.05, 0.1) is 24.7 Å². The number of furan rings is 1. The zero-order chi connectivity index (χ0) is 24.0. The smallest absolute Gasteiger partial charge is 0.405 e. The second-order valence-electron chi connectivity index (χ2n) is 7.67. The van der Waals surface area contributed by atoms with Gasteiger partial charge in [0.2, 0.25) is 0 Å². The minimum atomic E-state index is -4.43. The summed E-state index contributed by atoms with van der Waals surface area (Å²) in [7, 11) is -2.91. The number of nitrogens with zero attached hydrogens (tertiary/aromatic N) is 2. The van der Waals surface area contributed by atoms with Gasteiger partial charge in [0, 0.05) is 36.8 Å². The SMILES string of the molecule is COc1ccc(C)cc1S(=O)(=O)N(Cl)c1cc(N2CCNC(C(F)(F)F)C2)c2occc2c1. The minimum absolute atomic E-state index is 0.0613. The van der Waals surface area contributed by atoms with Crippen LogP contribution >= 0.6 is 11.8 Å². The average molecular weight is 504 g/mol. The van der Waals surface area contributed by atoms with Crippen molar-refractivity contribution in [2.75, 3.05) is 35.5 Å². The van der Waals surface area contributed by atoms with E-state index >= 15 is 0 Å². The lowest BCUT2D eigenvalue weighted by Crippen LogP contribution is -2.57. The van der Waals surface area contributed by atoms with Gasteiger partial charge in [0.25, 0.3) is 10.0 Å². The molecule has 1 unspecified atom stereocenters. The van der Waals surface area contributed by atoms with Crippen LogP contribution in [0.1, 0.15) is 5.56 Å². The van der Waals surface area contributed by atoms with Crippen molar-refractivity contribution < 1.29 is 30.7 Å². The second kappa shape index (κ2) is 8.62. The van der Waals surface area contributed by atoms with Crippen LogP contribution in [0.25, 0.3) is 11.0 Å². The predicted molar refractivity (Wildman–Crippen MR) is 120 cm³/mol. The van der Waals surface area contributed by atoms with Gasteiger partial charge in [-0.3, -0.25) is 0 Å². The van der Waals surface area contributed by atoms with Crippen LogP contribution in [-0.2, 0) is 10.0 Å². The average Bonchev–Trinajstić information content (AvgIpc) is 3.26. The number of benzene rings is 2. The van der Waals surface area contributed by atoms with Crippen LogP contribution in [0.2, 0.25) is 0 Å². The first-order valence-corrected chi connectivity index (χ1v) is 11.7. The van der Waals surface area contributed by atoms with Crippen LogP contribution in [-0.4, -0.2) is 47.4 Å². The number of piperazine rings is 1. The lowest BCUT2D eigenvalue weighted by Gasteiger charge is -2.36. The van der Waals surface area contributed by atoms with Gasteiger partial charge < -0.3 is 19.4 Å². The molecule has 2 heterocycles. The number of methoxy groups -OCH3 is 1. The Morgan fingerprint density at radius 3 is 2.70 bits per heavy atom. The molecule has 7 nitrogen and oxygen atoms in total. The molecule has 1 aliphatic rings. The summed E-state index contributed by atoms with van der Waals surface area (Å²) in [6.45, 7) is 1.74. The van der Waals surface area contributed by atoms with E-state index in [0.29, 0.717) is 26.0 Å². The van der Waals surface area contributed by atoms with Gasteiger partial charge in [-0.25, -0.2) is 0 Å². The molecule has 33 heavy (non-hydrogen) atoms. The van der Waals surface area contributed by atoms with Crippen molar-refractivity contribution >= 4 is 44.1 Å². The van der Waals surface area contributed by atoms with Gasteiger partial charge >= 0.3 is 6.18 Å². The fraction of sp³-hybridized carbons (Fsp3) is 0.333. The highest BCUT2D eigenvalue weighted by Crippen LogP contribution is 2.38. The Labute approximate surface area is 193 Å². The number of halogens is 4. The normalized spacial score (nSPS) is 17.4. The molecule has 1 saturated heterocycles. The number of rotatable bonds is 5. The monoisotopic (exact) mass is 503 g/mol. The van der Waals surface area contributed by atoms with Gasteiger partial charge in [0.15, 0.2) is 5.58 Å². The van der Waals surface area contributed by atoms with E-state index in [-0.39, 0.29) is 36.0 Å². The lowest BCUT2D eigenvalue weighted by molar-refractivity contribution is -0.155. The van der Waals surface area contributed by atoms with Crippen molar-refractivity contribution in [3.63, 3.8) is 0 Å². The third-order valence-electron chi connectivity index (χ3n) is 5.44. The zero-order valence-electron chi connectivity index (χ0n) is 17.7. The first kappa shape index (κ1) is 23.5. The summed E-state index contributed by atoms with van der Waals surface area (Å²) >= 11 is 6.34. The van der Waals surface area contributed by atoms with E-state index in [1.807, 2.05) is 0 Å². The summed E-state index contributed by atoms with van der Waals surface area (Å²) in [6.07, 6.45) is -3.04. The fourth-order valence-electron chi connectivity index (χ4n) is 3.78. The summed E-state index contributed by atoms with van der Waals surface area (Å²) in [4.78, 5) is 1.38. The number of alkyl halides is 3. The van der Waals surface area contributed by atoms with E-state index < -0.39 is 22.2 Å². The molecule has 1 aromatic heterocycles. The Morgan fingerprint density at radius 2 is 2.00 bits per heavy atom. The highest BCUT2D eigenvalue weighted by Gasteiger charge is 2.42. The van der Waals surface area contributed by atoms with Crippen LogP contribution < -0.4 is 18.8 Å². The van der Waals surface area contributed by atoms with E-state index in [0.717, 1.165) is 0 Å². The highest BCUT2D eigenvalue weighted by molar-refractivity contribution is 7.94. The van der Waals surface area contributed by atoms with Gasteiger partial charge in [-0.2, -0.15) is 25.4 Å². The fourth-order valence-corrected chi connectivity index (χ4v) is 5.40. The number of nitrogens with one attached hydrogen (secondary N) is 1. The van der Waals surface area contributed by atoms with Crippen molar-refractivity contribution in [1.82, 2.24) is 5.32 Å². The van der Waals surface area contributed by atoms with Crippen molar-refractivity contribution in [1.29, 1.82) is 0 Å². The summed E-state index contributed by atoms with van der Waals surface area (Å²) in [5, 5.41) is 2.96.